The van der Waals surface area contributed by atoms with Crippen molar-refractivity contribution in [2.45, 2.75) is 0 Å². The van der Waals surface area contributed by atoms with Crippen LogP contribution in [0.5, 0.6) is 0 Å². The summed E-state index contributed by atoms with van der Waals surface area (Å²) in [5.41, 5.74) is 3.33. The lowest BCUT2D eigenvalue weighted by atomic mass is 10.2. The highest BCUT2D eigenvalue weighted by atomic mass is 79.9. The number of fused-ring (bicyclic) bond motifs is 1. The Bertz CT molecular complexity index is 641. The maximum absolute atomic E-state index is 3.43. The van der Waals surface area contributed by atoms with E-state index in [4.69, 9.17) is 0 Å². The zero-order valence-corrected chi connectivity index (χ0v) is 10.7. The lowest BCUT2D eigenvalue weighted by Gasteiger charge is -2.04. The molecule has 0 unspecified atom stereocenters. The van der Waals surface area contributed by atoms with Crippen LogP contribution in [0.15, 0.2) is 59.2 Å². The first kappa shape index (κ1) is 10.4. The van der Waals surface area contributed by atoms with Gasteiger partial charge in [-0.05, 0) is 30.3 Å². The summed E-state index contributed by atoms with van der Waals surface area (Å²) in [5, 5.41) is 4.61. The summed E-state index contributed by atoms with van der Waals surface area (Å²) in [6.07, 6.45) is 1.99. The van der Waals surface area contributed by atoms with Crippen LogP contribution in [-0.2, 0) is 0 Å². The molecule has 84 valence electrons. The van der Waals surface area contributed by atoms with Crippen molar-refractivity contribution >= 4 is 38.2 Å². The Morgan fingerprint density at radius 1 is 0.941 bits per heavy atom. The minimum Gasteiger partial charge on any atom is -0.359 e. The standard InChI is InChI=1S/C14H11BrN2/c15-10-5-7-11(8-6-10)17-14-9-16-13-4-2-1-3-12(13)14/h1-9,16-17H. The molecular formula is C14H11BrN2. The van der Waals surface area contributed by atoms with E-state index in [1.54, 1.807) is 0 Å². The number of para-hydroxylation sites is 1. The van der Waals surface area contributed by atoms with Gasteiger partial charge < -0.3 is 10.3 Å². The van der Waals surface area contributed by atoms with Crippen LogP contribution in [0, 0.1) is 0 Å². The van der Waals surface area contributed by atoms with Gasteiger partial charge in [0.25, 0.3) is 0 Å². The van der Waals surface area contributed by atoms with Gasteiger partial charge in [-0.3, -0.25) is 0 Å². The molecule has 0 aliphatic carbocycles. The van der Waals surface area contributed by atoms with Crippen molar-refractivity contribution in [3.05, 3.63) is 59.2 Å². The molecule has 17 heavy (non-hydrogen) atoms. The molecule has 0 fully saturated rings. The van der Waals surface area contributed by atoms with Crippen molar-refractivity contribution in [3.63, 3.8) is 0 Å². The maximum atomic E-state index is 3.43. The van der Waals surface area contributed by atoms with E-state index < -0.39 is 0 Å². The second kappa shape index (κ2) is 4.26. The van der Waals surface area contributed by atoms with E-state index in [0.29, 0.717) is 0 Å². The van der Waals surface area contributed by atoms with E-state index in [2.05, 4.69) is 38.4 Å². The van der Waals surface area contributed by atoms with Crippen LogP contribution >= 0.6 is 15.9 Å². The second-order valence-corrected chi connectivity index (χ2v) is 4.80. The first-order chi connectivity index (χ1) is 8.33. The molecule has 2 aromatic carbocycles. The van der Waals surface area contributed by atoms with E-state index in [0.717, 1.165) is 21.4 Å². The number of rotatable bonds is 2. The predicted molar refractivity (Wildman–Crippen MR) is 75.7 cm³/mol. The summed E-state index contributed by atoms with van der Waals surface area (Å²) in [7, 11) is 0. The van der Waals surface area contributed by atoms with Crippen LogP contribution < -0.4 is 5.32 Å². The van der Waals surface area contributed by atoms with Gasteiger partial charge in [-0.15, -0.1) is 0 Å². The third-order valence-corrected chi connectivity index (χ3v) is 3.24. The van der Waals surface area contributed by atoms with E-state index in [1.807, 2.05) is 42.6 Å². The van der Waals surface area contributed by atoms with Gasteiger partial charge in [-0.2, -0.15) is 0 Å². The van der Waals surface area contributed by atoms with E-state index in [9.17, 15) is 0 Å². The number of H-pyrrole nitrogens is 1. The number of halogens is 1. The first-order valence-corrected chi connectivity index (χ1v) is 6.21. The van der Waals surface area contributed by atoms with Gasteiger partial charge >= 0.3 is 0 Å². The van der Waals surface area contributed by atoms with Crippen LogP contribution in [0.2, 0.25) is 0 Å². The van der Waals surface area contributed by atoms with E-state index >= 15 is 0 Å². The fraction of sp³-hybridized carbons (Fsp3) is 0. The van der Waals surface area contributed by atoms with Crippen molar-refractivity contribution in [2.75, 3.05) is 5.32 Å². The van der Waals surface area contributed by atoms with Crippen molar-refractivity contribution in [1.82, 2.24) is 4.98 Å². The molecule has 1 heterocycles. The number of nitrogens with one attached hydrogen (secondary N) is 2. The van der Waals surface area contributed by atoms with Crippen LogP contribution in [-0.4, -0.2) is 4.98 Å². The van der Waals surface area contributed by atoms with Gasteiger partial charge in [0.2, 0.25) is 0 Å². The van der Waals surface area contributed by atoms with Gasteiger partial charge in [0.15, 0.2) is 0 Å². The highest BCUT2D eigenvalue weighted by Crippen LogP contribution is 2.26. The van der Waals surface area contributed by atoms with Crippen molar-refractivity contribution in [1.29, 1.82) is 0 Å². The molecule has 0 aliphatic rings. The van der Waals surface area contributed by atoms with Crippen LogP contribution in [0.4, 0.5) is 11.4 Å². The Labute approximate surface area is 108 Å². The molecule has 0 aliphatic heterocycles. The van der Waals surface area contributed by atoms with E-state index in [-0.39, 0.29) is 0 Å². The van der Waals surface area contributed by atoms with Crippen molar-refractivity contribution in [2.24, 2.45) is 0 Å². The fourth-order valence-electron chi connectivity index (χ4n) is 1.86. The topological polar surface area (TPSA) is 27.8 Å². The van der Waals surface area contributed by atoms with Crippen LogP contribution in [0.25, 0.3) is 10.9 Å². The maximum Gasteiger partial charge on any atom is 0.0641 e. The number of hydrogen-bond donors (Lipinski definition) is 2. The summed E-state index contributed by atoms with van der Waals surface area (Å²) in [6.45, 7) is 0. The summed E-state index contributed by atoms with van der Waals surface area (Å²) in [6, 6.07) is 16.4. The van der Waals surface area contributed by atoms with Gasteiger partial charge in [0.05, 0.1) is 5.69 Å². The second-order valence-electron chi connectivity index (χ2n) is 3.88. The van der Waals surface area contributed by atoms with Gasteiger partial charge in [0.1, 0.15) is 0 Å². The van der Waals surface area contributed by atoms with Gasteiger partial charge in [-0.25, -0.2) is 0 Å². The number of anilines is 2. The largest absolute Gasteiger partial charge is 0.359 e. The zero-order valence-electron chi connectivity index (χ0n) is 9.07. The quantitative estimate of drug-likeness (QED) is 0.704. The number of aromatic amines is 1. The molecule has 0 bridgehead atoms. The molecule has 0 spiro atoms. The summed E-state index contributed by atoms with van der Waals surface area (Å²) >= 11 is 3.43. The molecule has 3 rings (SSSR count). The molecule has 2 nitrogen and oxygen atoms in total. The smallest absolute Gasteiger partial charge is 0.0641 e. The molecule has 0 atom stereocenters. The summed E-state index contributed by atoms with van der Waals surface area (Å²) in [5.74, 6) is 0. The Morgan fingerprint density at radius 3 is 2.53 bits per heavy atom. The molecule has 0 saturated heterocycles. The number of aromatic nitrogens is 1. The van der Waals surface area contributed by atoms with Crippen LogP contribution in [0.1, 0.15) is 0 Å². The molecule has 0 saturated carbocycles. The average Bonchev–Trinajstić information content (AvgIpc) is 2.76. The highest BCUT2D eigenvalue weighted by Gasteiger charge is 2.02. The highest BCUT2D eigenvalue weighted by molar-refractivity contribution is 9.10. The first-order valence-electron chi connectivity index (χ1n) is 5.42. The molecule has 3 heteroatoms. The number of benzene rings is 2. The molecular weight excluding hydrogens is 276 g/mol. The molecule has 3 aromatic rings. The Balaban J connectivity index is 1.97. The summed E-state index contributed by atoms with van der Waals surface area (Å²) in [4.78, 5) is 3.25. The minimum absolute atomic E-state index is 1.08. The molecule has 0 radical (unpaired) electrons. The number of hydrogen-bond acceptors (Lipinski definition) is 1. The third kappa shape index (κ3) is 2.06. The Kier molecular flexibility index (Phi) is 2.61. The predicted octanol–water partition coefficient (Wildman–Crippen LogP) is 4.67. The zero-order chi connectivity index (χ0) is 11.7. The van der Waals surface area contributed by atoms with Crippen LogP contribution in [0.3, 0.4) is 0 Å². The SMILES string of the molecule is Brc1ccc(Nc2c[nH]c3ccccc23)cc1. The average molecular weight is 287 g/mol. The Morgan fingerprint density at radius 2 is 1.71 bits per heavy atom. The Hall–Kier alpha value is -1.74. The van der Waals surface area contributed by atoms with Gasteiger partial charge in [-0.1, -0.05) is 34.1 Å². The third-order valence-electron chi connectivity index (χ3n) is 2.71. The lowest BCUT2D eigenvalue weighted by Crippen LogP contribution is -1.87. The van der Waals surface area contributed by atoms with Crippen molar-refractivity contribution < 1.29 is 0 Å². The lowest BCUT2D eigenvalue weighted by molar-refractivity contribution is 1.46. The van der Waals surface area contributed by atoms with Crippen molar-refractivity contribution in [3.8, 4) is 0 Å². The summed E-state index contributed by atoms with van der Waals surface area (Å²) < 4.78 is 1.09. The molecule has 2 N–H and O–H groups in total. The minimum atomic E-state index is 1.08. The molecule has 0 amide bonds. The van der Waals surface area contributed by atoms with E-state index in [1.165, 1.54) is 5.39 Å². The van der Waals surface area contributed by atoms with Gasteiger partial charge in [0, 0.05) is 27.3 Å². The normalized spacial score (nSPS) is 10.6. The monoisotopic (exact) mass is 286 g/mol. The molecule has 1 aromatic heterocycles. The fourth-order valence-corrected chi connectivity index (χ4v) is 2.13.